The number of carbonyl (C=O) groups is 1. The van der Waals surface area contributed by atoms with Gasteiger partial charge in [0, 0.05) is 6.42 Å². The number of aliphatic hydroxyl groups excluding tert-OH is 2. The van der Waals surface area contributed by atoms with E-state index in [2.05, 4.69) is 30.4 Å². The SMILES string of the molecule is CCC(O)C(O)C/C=C/C/C=C/C/C=C/C/C=C/CCCC(=O)O. The molecule has 4 nitrogen and oxygen atoms in total. The van der Waals surface area contributed by atoms with Crippen LogP contribution in [-0.2, 0) is 4.79 Å². The van der Waals surface area contributed by atoms with E-state index < -0.39 is 18.2 Å². The van der Waals surface area contributed by atoms with Crippen molar-refractivity contribution in [3.05, 3.63) is 48.6 Å². The normalized spacial score (nSPS) is 15.1. The smallest absolute Gasteiger partial charge is 0.303 e. The minimum Gasteiger partial charge on any atom is -0.481 e. The van der Waals surface area contributed by atoms with Gasteiger partial charge >= 0.3 is 5.97 Å². The molecular formula is C20H32O4. The van der Waals surface area contributed by atoms with Gasteiger partial charge in [-0.1, -0.05) is 55.5 Å². The van der Waals surface area contributed by atoms with E-state index in [-0.39, 0.29) is 6.42 Å². The highest BCUT2D eigenvalue weighted by Crippen LogP contribution is 2.04. The number of hydrogen-bond acceptors (Lipinski definition) is 3. The van der Waals surface area contributed by atoms with Crippen LogP contribution in [0.25, 0.3) is 0 Å². The predicted octanol–water partition coefficient (Wildman–Crippen LogP) is 4.16. The molecule has 0 rings (SSSR count). The lowest BCUT2D eigenvalue weighted by Gasteiger charge is -2.13. The molecule has 0 bridgehead atoms. The number of unbranched alkanes of at least 4 members (excludes halogenated alkanes) is 1. The summed E-state index contributed by atoms with van der Waals surface area (Å²) < 4.78 is 0. The predicted molar refractivity (Wildman–Crippen MR) is 98.8 cm³/mol. The Hall–Kier alpha value is -1.65. The molecule has 0 saturated heterocycles. The lowest BCUT2D eigenvalue weighted by molar-refractivity contribution is -0.137. The standard InChI is InChI=1S/C20H32O4/c1-2-18(21)19(22)16-14-12-10-8-6-4-3-5-7-9-11-13-15-17-20(23)24/h3,5-6,8-9,11-12,14,18-19,21-22H,2,4,7,10,13,15-17H2,1H3,(H,23,24)/b5-3+,8-6+,11-9+,14-12+. The summed E-state index contributed by atoms with van der Waals surface area (Å²) in [5.41, 5.74) is 0. The fourth-order valence-corrected chi connectivity index (χ4v) is 1.97. The van der Waals surface area contributed by atoms with E-state index >= 15 is 0 Å². The van der Waals surface area contributed by atoms with Gasteiger partial charge in [0.25, 0.3) is 0 Å². The third-order valence-corrected chi connectivity index (χ3v) is 3.48. The molecule has 4 heteroatoms. The average molecular weight is 336 g/mol. The molecule has 0 aromatic rings. The summed E-state index contributed by atoms with van der Waals surface area (Å²) in [6, 6.07) is 0. The van der Waals surface area contributed by atoms with Crippen LogP contribution in [-0.4, -0.2) is 33.5 Å². The summed E-state index contributed by atoms with van der Waals surface area (Å²) in [4.78, 5) is 10.3. The third-order valence-electron chi connectivity index (χ3n) is 3.48. The van der Waals surface area contributed by atoms with Crippen LogP contribution >= 0.6 is 0 Å². The van der Waals surface area contributed by atoms with Crippen LogP contribution in [0, 0.1) is 0 Å². The molecule has 0 aliphatic heterocycles. The van der Waals surface area contributed by atoms with Gasteiger partial charge in [-0.05, 0) is 44.9 Å². The van der Waals surface area contributed by atoms with Crippen LogP contribution in [0.2, 0.25) is 0 Å². The molecule has 0 radical (unpaired) electrons. The number of rotatable bonds is 14. The number of carboxylic acids is 1. The highest BCUT2D eigenvalue weighted by molar-refractivity contribution is 5.66. The van der Waals surface area contributed by atoms with Crippen molar-refractivity contribution in [3.8, 4) is 0 Å². The molecular weight excluding hydrogens is 304 g/mol. The maximum atomic E-state index is 10.3. The molecule has 2 atom stereocenters. The number of aliphatic carboxylic acids is 1. The first kappa shape index (κ1) is 22.4. The second kappa shape index (κ2) is 16.2. The minimum absolute atomic E-state index is 0.234. The molecule has 24 heavy (non-hydrogen) atoms. The van der Waals surface area contributed by atoms with Gasteiger partial charge in [-0.3, -0.25) is 4.79 Å². The van der Waals surface area contributed by atoms with E-state index in [9.17, 15) is 15.0 Å². The molecule has 2 unspecified atom stereocenters. The quantitative estimate of drug-likeness (QED) is 0.329. The number of allylic oxidation sites excluding steroid dienone is 7. The van der Waals surface area contributed by atoms with Crippen molar-refractivity contribution < 1.29 is 20.1 Å². The fraction of sp³-hybridized carbons (Fsp3) is 0.550. The van der Waals surface area contributed by atoms with Crippen molar-refractivity contribution in [1.82, 2.24) is 0 Å². The number of hydrogen-bond donors (Lipinski definition) is 3. The molecule has 0 heterocycles. The molecule has 136 valence electrons. The Morgan fingerprint density at radius 2 is 1.33 bits per heavy atom. The largest absolute Gasteiger partial charge is 0.481 e. The molecule has 0 saturated carbocycles. The molecule has 0 fully saturated rings. The fourth-order valence-electron chi connectivity index (χ4n) is 1.97. The van der Waals surface area contributed by atoms with Gasteiger partial charge in [0.15, 0.2) is 0 Å². The topological polar surface area (TPSA) is 77.8 Å². The zero-order valence-electron chi connectivity index (χ0n) is 14.7. The average Bonchev–Trinajstić information content (AvgIpc) is 2.57. The van der Waals surface area contributed by atoms with Crippen molar-refractivity contribution in [2.75, 3.05) is 0 Å². The van der Waals surface area contributed by atoms with Gasteiger partial charge in [-0.25, -0.2) is 0 Å². The number of aliphatic hydroxyl groups is 2. The maximum absolute atomic E-state index is 10.3. The molecule has 0 aliphatic carbocycles. The lowest BCUT2D eigenvalue weighted by atomic mass is 10.1. The first-order valence-corrected chi connectivity index (χ1v) is 8.75. The van der Waals surface area contributed by atoms with Crippen LogP contribution in [0.1, 0.15) is 58.3 Å². The summed E-state index contributed by atoms with van der Waals surface area (Å²) >= 11 is 0. The van der Waals surface area contributed by atoms with E-state index in [1.54, 1.807) is 0 Å². The first-order valence-electron chi connectivity index (χ1n) is 8.75. The van der Waals surface area contributed by atoms with E-state index in [4.69, 9.17) is 5.11 Å². The Balaban J connectivity index is 3.57. The van der Waals surface area contributed by atoms with Crippen molar-refractivity contribution in [1.29, 1.82) is 0 Å². The van der Waals surface area contributed by atoms with Crippen molar-refractivity contribution >= 4 is 5.97 Å². The Bertz CT molecular complexity index is 421. The van der Waals surface area contributed by atoms with Crippen LogP contribution in [0.3, 0.4) is 0 Å². The van der Waals surface area contributed by atoms with Gasteiger partial charge in [0.05, 0.1) is 12.2 Å². The lowest BCUT2D eigenvalue weighted by Crippen LogP contribution is -2.23. The van der Waals surface area contributed by atoms with Gasteiger partial charge in [0.1, 0.15) is 0 Å². The van der Waals surface area contributed by atoms with Crippen molar-refractivity contribution in [3.63, 3.8) is 0 Å². The van der Waals surface area contributed by atoms with Crippen molar-refractivity contribution in [2.24, 2.45) is 0 Å². The van der Waals surface area contributed by atoms with E-state index in [1.807, 2.05) is 25.2 Å². The molecule has 0 aliphatic rings. The summed E-state index contributed by atoms with van der Waals surface area (Å²) in [7, 11) is 0. The summed E-state index contributed by atoms with van der Waals surface area (Å²) in [6.07, 6.45) is 20.4. The molecule has 0 spiro atoms. The number of carboxylic acid groups (broad SMARTS) is 1. The van der Waals surface area contributed by atoms with Gasteiger partial charge < -0.3 is 15.3 Å². The zero-order chi connectivity index (χ0) is 18.0. The van der Waals surface area contributed by atoms with Crippen LogP contribution in [0.15, 0.2) is 48.6 Å². The van der Waals surface area contributed by atoms with Gasteiger partial charge in [0.2, 0.25) is 0 Å². The van der Waals surface area contributed by atoms with Crippen LogP contribution < -0.4 is 0 Å². The second-order valence-corrected chi connectivity index (χ2v) is 5.66. The highest BCUT2D eigenvalue weighted by Gasteiger charge is 2.11. The maximum Gasteiger partial charge on any atom is 0.303 e. The molecule has 0 aromatic heterocycles. The summed E-state index contributed by atoms with van der Waals surface area (Å²) in [6.45, 7) is 1.85. The molecule has 3 N–H and O–H groups in total. The second-order valence-electron chi connectivity index (χ2n) is 5.66. The Labute approximate surface area is 145 Å². The van der Waals surface area contributed by atoms with Crippen molar-refractivity contribution in [2.45, 2.75) is 70.5 Å². The van der Waals surface area contributed by atoms with Gasteiger partial charge in [-0.15, -0.1) is 0 Å². The van der Waals surface area contributed by atoms with Gasteiger partial charge in [-0.2, -0.15) is 0 Å². The highest BCUT2D eigenvalue weighted by atomic mass is 16.4. The van der Waals surface area contributed by atoms with Crippen LogP contribution in [0.5, 0.6) is 0 Å². The molecule has 0 amide bonds. The Morgan fingerprint density at radius 1 is 0.833 bits per heavy atom. The third kappa shape index (κ3) is 15.3. The zero-order valence-corrected chi connectivity index (χ0v) is 14.7. The first-order chi connectivity index (χ1) is 11.6. The van der Waals surface area contributed by atoms with E-state index in [0.717, 1.165) is 25.7 Å². The summed E-state index contributed by atoms with van der Waals surface area (Å²) in [5.74, 6) is -0.736. The van der Waals surface area contributed by atoms with Crippen LogP contribution in [0.4, 0.5) is 0 Å². The Kier molecular flexibility index (Phi) is 15.1. The minimum atomic E-state index is -0.736. The molecule has 0 aromatic carbocycles. The monoisotopic (exact) mass is 336 g/mol. The Morgan fingerprint density at radius 3 is 1.83 bits per heavy atom. The van der Waals surface area contributed by atoms with E-state index in [1.165, 1.54) is 0 Å². The summed E-state index contributed by atoms with van der Waals surface area (Å²) in [5, 5.41) is 27.5. The van der Waals surface area contributed by atoms with E-state index in [0.29, 0.717) is 19.3 Å².